The van der Waals surface area contributed by atoms with Crippen molar-refractivity contribution < 1.29 is 9.53 Å². The second-order valence-corrected chi connectivity index (χ2v) is 4.94. The fourth-order valence-electron chi connectivity index (χ4n) is 2.44. The van der Waals surface area contributed by atoms with Gasteiger partial charge in [-0.2, -0.15) is 0 Å². The number of carbonyl (C=O) groups is 1. The summed E-state index contributed by atoms with van der Waals surface area (Å²) in [5, 5.41) is 2.71. The molecule has 2 heterocycles. The number of carbonyl (C=O) groups excluding carboxylic acids is 1. The van der Waals surface area contributed by atoms with Crippen molar-refractivity contribution in [1.29, 1.82) is 0 Å². The van der Waals surface area contributed by atoms with Gasteiger partial charge in [-0.15, -0.1) is 0 Å². The lowest BCUT2D eigenvalue weighted by Gasteiger charge is -2.29. The zero-order valence-electron chi connectivity index (χ0n) is 11.4. The van der Waals surface area contributed by atoms with E-state index in [4.69, 9.17) is 4.74 Å². The molecule has 1 aliphatic rings. The molecule has 1 aliphatic heterocycles. The van der Waals surface area contributed by atoms with Crippen LogP contribution in [0, 0.1) is 12.8 Å². The largest absolute Gasteiger partial charge is 0.377 e. The standard InChI is InChI=1S/C14H20N2O3/c1-3-12-10(5-4-8-19-12)13(17)16-11-7-6-9(2)15-14(11)18/h6-7,10,12H,3-5,8H2,1-2H3,(H,15,18)(H,16,17)/t10-,12-/m1/s1. The third-order valence-corrected chi connectivity index (χ3v) is 3.49. The Balaban J connectivity index is 2.09. The van der Waals surface area contributed by atoms with Gasteiger partial charge in [0.1, 0.15) is 5.69 Å². The normalized spacial score (nSPS) is 23.1. The van der Waals surface area contributed by atoms with Crippen LogP contribution in [0.15, 0.2) is 16.9 Å². The van der Waals surface area contributed by atoms with Gasteiger partial charge in [-0.3, -0.25) is 9.59 Å². The van der Waals surface area contributed by atoms with Crippen molar-refractivity contribution in [2.24, 2.45) is 5.92 Å². The molecule has 1 fully saturated rings. The summed E-state index contributed by atoms with van der Waals surface area (Å²) in [6.45, 7) is 4.53. The van der Waals surface area contributed by atoms with E-state index < -0.39 is 0 Å². The highest BCUT2D eigenvalue weighted by Crippen LogP contribution is 2.24. The number of nitrogens with one attached hydrogen (secondary N) is 2. The van der Waals surface area contributed by atoms with Gasteiger partial charge >= 0.3 is 0 Å². The van der Waals surface area contributed by atoms with Crippen LogP contribution in [-0.2, 0) is 9.53 Å². The summed E-state index contributed by atoms with van der Waals surface area (Å²) in [5.74, 6) is -0.291. The van der Waals surface area contributed by atoms with Gasteiger partial charge in [0.05, 0.1) is 12.0 Å². The molecular formula is C14H20N2O3. The molecule has 1 amide bonds. The van der Waals surface area contributed by atoms with Crippen LogP contribution in [0.4, 0.5) is 5.69 Å². The third-order valence-electron chi connectivity index (χ3n) is 3.49. The summed E-state index contributed by atoms with van der Waals surface area (Å²) in [6.07, 6.45) is 2.47. The highest BCUT2D eigenvalue weighted by Gasteiger charge is 2.30. The zero-order valence-corrected chi connectivity index (χ0v) is 11.4. The number of hydrogen-bond donors (Lipinski definition) is 2. The minimum absolute atomic E-state index is 0.0433. The SMILES string of the molecule is CC[C@H]1OCCC[C@H]1C(=O)Nc1ccc(C)[nH]c1=O. The lowest BCUT2D eigenvalue weighted by molar-refractivity contribution is -0.129. The monoisotopic (exact) mass is 264 g/mol. The molecule has 1 saturated heterocycles. The number of hydrogen-bond acceptors (Lipinski definition) is 3. The summed E-state index contributed by atoms with van der Waals surface area (Å²) in [4.78, 5) is 26.6. The number of H-pyrrole nitrogens is 1. The van der Waals surface area contributed by atoms with E-state index in [1.807, 2.05) is 6.92 Å². The second kappa shape index (κ2) is 6.02. The van der Waals surface area contributed by atoms with Crippen LogP contribution in [0.1, 0.15) is 31.9 Å². The minimum Gasteiger partial charge on any atom is -0.377 e. The van der Waals surface area contributed by atoms with Gasteiger partial charge in [-0.25, -0.2) is 0 Å². The van der Waals surface area contributed by atoms with Gasteiger partial charge in [0, 0.05) is 12.3 Å². The van der Waals surface area contributed by atoms with E-state index in [0.717, 1.165) is 25.0 Å². The minimum atomic E-state index is -0.266. The molecule has 1 aromatic heterocycles. The van der Waals surface area contributed by atoms with E-state index in [2.05, 4.69) is 10.3 Å². The molecule has 0 aliphatic carbocycles. The fourth-order valence-corrected chi connectivity index (χ4v) is 2.44. The van der Waals surface area contributed by atoms with Crippen LogP contribution < -0.4 is 10.9 Å². The van der Waals surface area contributed by atoms with E-state index in [1.54, 1.807) is 19.1 Å². The molecule has 1 aromatic rings. The van der Waals surface area contributed by atoms with E-state index in [9.17, 15) is 9.59 Å². The van der Waals surface area contributed by atoms with Crippen LogP contribution >= 0.6 is 0 Å². The number of ether oxygens (including phenoxy) is 1. The van der Waals surface area contributed by atoms with Crippen molar-refractivity contribution in [2.45, 2.75) is 39.2 Å². The quantitative estimate of drug-likeness (QED) is 0.875. The molecule has 0 radical (unpaired) electrons. The number of pyridine rings is 1. The molecule has 5 nitrogen and oxygen atoms in total. The molecule has 5 heteroatoms. The van der Waals surface area contributed by atoms with Crippen molar-refractivity contribution in [3.8, 4) is 0 Å². The van der Waals surface area contributed by atoms with E-state index in [0.29, 0.717) is 12.3 Å². The van der Waals surface area contributed by atoms with Gasteiger partial charge in [0.2, 0.25) is 5.91 Å². The lowest BCUT2D eigenvalue weighted by atomic mass is 9.92. The van der Waals surface area contributed by atoms with Crippen molar-refractivity contribution in [3.63, 3.8) is 0 Å². The summed E-state index contributed by atoms with van der Waals surface area (Å²) in [5.41, 5.74) is 0.810. The Hall–Kier alpha value is -1.62. The average molecular weight is 264 g/mol. The van der Waals surface area contributed by atoms with Crippen LogP contribution in [0.3, 0.4) is 0 Å². The Kier molecular flexibility index (Phi) is 4.37. The Labute approximate surface area is 112 Å². The van der Waals surface area contributed by atoms with Crippen LogP contribution in [0.2, 0.25) is 0 Å². The maximum atomic E-state index is 12.2. The predicted molar refractivity (Wildman–Crippen MR) is 73.2 cm³/mol. The van der Waals surface area contributed by atoms with Crippen LogP contribution in [0.25, 0.3) is 0 Å². The first-order chi connectivity index (χ1) is 9.11. The first-order valence-corrected chi connectivity index (χ1v) is 6.74. The topological polar surface area (TPSA) is 71.2 Å². The molecule has 0 bridgehead atoms. The first-order valence-electron chi connectivity index (χ1n) is 6.74. The van der Waals surface area contributed by atoms with Gasteiger partial charge < -0.3 is 15.0 Å². The maximum absolute atomic E-state index is 12.2. The number of aromatic amines is 1. The molecule has 2 rings (SSSR count). The molecule has 104 valence electrons. The van der Waals surface area contributed by atoms with Gasteiger partial charge in [0.15, 0.2) is 0 Å². The Morgan fingerprint density at radius 2 is 2.32 bits per heavy atom. The molecule has 0 saturated carbocycles. The molecule has 0 aromatic carbocycles. The Morgan fingerprint density at radius 3 is 3.00 bits per heavy atom. The average Bonchev–Trinajstić information content (AvgIpc) is 2.41. The van der Waals surface area contributed by atoms with Crippen molar-refractivity contribution in [1.82, 2.24) is 4.98 Å². The molecule has 0 unspecified atom stereocenters. The molecule has 19 heavy (non-hydrogen) atoms. The summed E-state index contributed by atoms with van der Waals surface area (Å²) >= 11 is 0. The first kappa shape index (κ1) is 13.8. The Bertz CT molecular complexity index is 510. The lowest BCUT2D eigenvalue weighted by Crippen LogP contribution is -2.38. The highest BCUT2D eigenvalue weighted by molar-refractivity contribution is 5.92. The summed E-state index contributed by atoms with van der Waals surface area (Å²) in [7, 11) is 0. The maximum Gasteiger partial charge on any atom is 0.271 e. The number of rotatable bonds is 3. The van der Waals surface area contributed by atoms with Gasteiger partial charge in [-0.1, -0.05) is 6.92 Å². The number of anilines is 1. The molecular weight excluding hydrogens is 244 g/mol. The van der Waals surface area contributed by atoms with E-state index in [-0.39, 0.29) is 23.5 Å². The molecule has 0 spiro atoms. The fraction of sp³-hybridized carbons (Fsp3) is 0.571. The van der Waals surface area contributed by atoms with Crippen LogP contribution in [0.5, 0.6) is 0 Å². The number of amides is 1. The van der Waals surface area contributed by atoms with Crippen molar-refractivity contribution >= 4 is 11.6 Å². The zero-order chi connectivity index (χ0) is 13.8. The predicted octanol–water partition coefficient (Wildman–Crippen LogP) is 1.83. The number of aromatic nitrogens is 1. The van der Waals surface area contributed by atoms with Gasteiger partial charge in [0.25, 0.3) is 5.56 Å². The smallest absolute Gasteiger partial charge is 0.271 e. The van der Waals surface area contributed by atoms with Crippen molar-refractivity contribution in [3.05, 3.63) is 28.2 Å². The third kappa shape index (κ3) is 3.23. The summed E-state index contributed by atoms with van der Waals surface area (Å²) < 4.78 is 5.60. The van der Waals surface area contributed by atoms with E-state index in [1.165, 1.54) is 0 Å². The highest BCUT2D eigenvalue weighted by atomic mass is 16.5. The van der Waals surface area contributed by atoms with E-state index >= 15 is 0 Å². The molecule has 2 atom stereocenters. The van der Waals surface area contributed by atoms with Crippen molar-refractivity contribution in [2.75, 3.05) is 11.9 Å². The Morgan fingerprint density at radius 1 is 1.53 bits per heavy atom. The van der Waals surface area contributed by atoms with Crippen LogP contribution in [-0.4, -0.2) is 23.6 Å². The second-order valence-electron chi connectivity index (χ2n) is 4.94. The molecule has 2 N–H and O–H groups in total. The summed E-state index contributed by atoms with van der Waals surface area (Å²) in [6, 6.07) is 3.41. The van der Waals surface area contributed by atoms with Gasteiger partial charge in [-0.05, 0) is 38.3 Å². The number of aryl methyl sites for hydroxylation is 1.